The molecule has 0 saturated heterocycles. The Kier molecular flexibility index (Phi) is 6.71. The first-order valence-electron chi connectivity index (χ1n) is 7.55. The first kappa shape index (κ1) is 16.6. The summed E-state index contributed by atoms with van der Waals surface area (Å²) in [4.78, 5) is 15.9. The second kappa shape index (κ2) is 9.30. The van der Waals surface area contributed by atoms with Gasteiger partial charge >= 0.3 is 0 Å². The van der Waals surface area contributed by atoms with E-state index in [0.29, 0.717) is 12.5 Å². The first-order valence-corrected chi connectivity index (χ1v) is 7.55. The molecule has 0 radical (unpaired) electrons. The van der Waals surface area contributed by atoms with Crippen molar-refractivity contribution in [1.82, 2.24) is 16.0 Å². The second-order valence-corrected chi connectivity index (χ2v) is 4.94. The fourth-order valence-electron chi connectivity index (χ4n) is 2.02. The predicted octanol–water partition coefficient (Wildman–Crippen LogP) is 1.30. The number of benzene rings is 1. The summed E-state index contributed by atoms with van der Waals surface area (Å²) in [7, 11) is 1.68. The highest BCUT2D eigenvalue weighted by Crippen LogP contribution is 1.98. The van der Waals surface area contributed by atoms with Crippen molar-refractivity contribution in [1.29, 1.82) is 0 Å². The van der Waals surface area contributed by atoms with Gasteiger partial charge in [0, 0.05) is 13.6 Å². The molecule has 3 N–H and O–H groups in total. The molecule has 0 unspecified atom stereocenters. The van der Waals surface area contributed by atoms with Crippen molar-refractivity contribution >= 4 is 11.9 Å². The number of aliphatic imine (C=N–C) groups is 1. The van der Waals surface area contributed by atoms with Gasteiger partial charge in [0.25, 0.3) is 0 Å². The molecule has 1 amide bonds. The molecule has 0 atom stereocenters. The van der Waals surface area contributed by atoms with Gasteiger partial charge < -0.3 is 20.4 Å². The molecule has 2 rings (SSSR count). The van der Waals surface area contributed by atoms with Crippen molar-refractivity contribution < 1.29 is 9.21 Å². The average Bonchev–Trinajstić information content (AvgIpc) is 3.10. The smallest absolute Gasteiger partial charge is 0.239 e. The molecule has 1 aromatic heterocycles. The standard InChI is InChI=1S/C17H22N4O2/c1-18-17(19-10-9-14-6-3-2-4-7-14)21-13-16(22)20-12-15-8-5-11-23-15/h2-8,11H,9-10,12-13H2,1H3,(H,20,22)(H2,18,19,21). The zero-order chi connectivity index (χ0) is 16.3. The van der Waals surface area contributed by atoms with Crippen molar-refractivity contribution in [2.45, 2.75) is 13.0 Å². The van der Waals surface area contributed by atoms with E-state index >= 15 is 0 Å². The Morgan fingerprint density at radius 3 is 2.61 bits per heavy atom. The van der Waals surface area contributed by atoms with Crippen LogP contribution in [-0.4, -0.2) is 32.0 Å². The number of carbonyl (C=O) groups excluding carboxylic acids is 1. The number of hydrogen-bond donors (Lipinski definition) is 3. The Morgan fingerprint density at radius 2 is 1.91 bits per heavy atom. The summed E-state index contributed by atoms with van der Waals surface area (Å²) >= 11 is 0. The monoisotopic (exact) mass is 314 g/mol. The molecule has 0 aliphatic heterocycles. The van der Waals surface area contributed by atoms with E-state index in [4.69, 9.17) is 4.42 Å². The van der Waals surface area contributed by atoms with Gasteiger partial charge in [0.15, 0.2) is 5.96 Å². The van der Waals surface area contributed by atoms with Crippen LogP contribution in [0.25, 0.3) is 0 Å². The molecule has 0 bridgehead atoms. The van der Waals surface area contributed by atoms with E-state index in [9.17, 15) is 4.79 Å². The van der Waals surface area contributed by atoms with E-state index < -0.39 is 0 Å². The minimum atomic E-state index is -0.118. The average molecular weight is 314 g/mol. The third-order valence-electron chi connectivity index (χ3n) is 3.23. The van der Waals surface area contributed by atoms with Gasteiger partial charge in [0.2, 0.25) is 5.91 Å². The van der Waals surface area contributed by atoms with Gasteiger partial charge in [-0.1, -0.05) is 30.3 Å². The minimum absolute atomic E-state index is 0.118. The number of furan rings is 1. The van der Waals surface area contributed by atoms with Gasteiger partial charge in [0.1, 0.15) is 5.76 Å². The lowest BCUT2D eigenvalue weighted by Gasteiger charge is -2.11. The Balaban J connectivity index is 1.63. The highest BCUT2D eigenvalue weighted by atomic mass is 16.3. The van der Waals surface area contributed by atoms with Gasteiger partial charge in [-0.2, -0.15) is 0 Å². The zero-order valence-electron chi connectivity index (χ0n) is 13.2. The summed E-state index contributed by atoms with van der Waals surface area (Å²) in [5.41, 5.74) is 1.26. The molecule has 6 nitrogen and oxygen atoms in total. The summed E-state index contributed by atoms with van der Waals surface area (Å²) in [6, 6.07) is 13.8. The third-order valence-corrected chi connectivity index (χ3v) is 3.23. The highest BCUT2D eigenvalue weighted by Gasteiger charge is 2.04. The molecule has 1 heterocycles. The van der Waals surface area contributed by atoms with Gasteiger partial charge in [-0.05, 0) is 24.1 Å². The summed E-state index contributed by atoms with van der Waals surface area (Å²) in [5, 5.41) is 8.93. The Morgan fingerprint density at radius 1 is 1.09 bits per heavy atom. The van der Waals surface area contributed by atoms with Crippen LogP contribution in [-0.2, 0) is 17.8 Å². The van der Waals surface area contributed by atoms with Crippen molar-refractivity contribution in [2.24, 2.45) is 4.99 Å². The number of guanidine groups is 1. The van der Waals surface area contributed by atoms with Gasteiger partial charge in [0.05, 0.1) is 19.4 Å². The highest BCUT2D eigenvalue weighted by molar-refractivity contribution is 5.86. The van der Waals surface area contributed by atoms with Crippen LogP contribution in [0.3, 0.4) is 0 Å². The molecule has 6 heteroatoms. The normalized spacial score (nSPS) is 11.1. The SMILES string of the molecule is CN=C(NCCc1ccccc1)NCC(=O)NCc1ccco1. The van der Waals surface area contributed by atoms with E-state index in [1.165, 1.54) is 5.56 Å². The number of rotatable bonds is 7. The molecule has 0 aliphatic carbocycles. The predicted molar refractivity (Wildman–Crippen MR) is 90.1 cm³/mol. The maximum Gasteiger partial charge on any atom is 0.239 e. The lowest BCUT2D eigenvalue weighted by molar-refractivity contribution is -0.120. The van der Waals surface area contributed by atoms with Crippen LogP contribution in [0.2, 0.25) is 0 Å². The fraction of sp³-hybridized carbons (Fsp3) is 0.294. The summed E-state index contributed by atoms with van der Waals surface area (Å²) in [6.07, 6.45) is 2.48. The zero-order valence-corrected chi connectivity index (χ0v) is 13.2. The third kappa shape index (κ3) is 6.25. The molecule has 0 aliphatic rings. The second-order valence-electron chi connectivity index (χ2n) is 4.94. The van der Waals surface area contributed by atoms with Crippen LogP contribution >= 0.6 is 0 Å². The van der Waals surface area contributed by atoms with Gasteiger partial charge in [-0.3, -0.25) is 9.79 Å². The topological polar surface area (TPSA) is 78.7 Å². The largest absolute Gasteiger partial charge is 0.467 e. The maximum atomic E-state index is 11.8. The van der Waals surface area contributed by atoms with Crippen LogP contribution in [0, 0.1) is 0 Å². The van der Waals surface area contributed by atoms with Crippen LogP contribution in [0.5, 0.6) is 0 Å². The summed E-state index contributed by atoms with van der Waals surface area (Å²) < 4.78 is 5.15. The van der Waals surface area contributed by atoms with E-state index in [0.717, 1.165) is 18.7 Å². The number of carbonyl (C=O) groups is 1. The fourth-order valence-corrected chi connectivity index (χ4v) is 2.02. The lowest BCUT2D eigenvalue weighted by Crippen LogP contribution is -2.43. The van der Waals surface area contributed by atoms with E-state index in [-0.39, 0.29) is 12.5 Å². The molecule has 2 aromatic rings. The van der Waals surface area contributed by atoms with Crippen molar-refractivity contribution in [3.63, 3.8) is 0 Å². The van der Waals surface area contributed by atoms with Crippen molar-refractivity contribution in [2.75, 3.05) is 20.1 Å². The van der Waals surface area contributed by atoms with Gasteiger partial charge in [-0.25, -0.2) is 0 Å². The van der Waals surface area contributed by atoms with Crippen LogP contribution in [0.4, 0.5) is 0 Å². The number of amides is 1. The molecule has 122 valence electrons. The van der Waals surface area contributed by atoms with Gasteiger partial charge in [-0.15, -0.1) is 0 Å². The Bertz CT molecular complexity index is 609. The molecule has 0 spiro atoms. The molecule has 1 aromatic carbocycles. The van der Waals surface area contributed by atoms with E-state index in [2.05, 4.69) is 33.1 Å². The molecule has 0 fully saturated rings. The maximum absolute atomic E-state index is 11.8. The Labute approximate surface area is 136 Å². The molecular weight excluding hydrogens is 292 g/mol. The number of hydrogen-bond acceptors (Lipinski definition) is 3. The minimum Gasteiger partial charge on any atom is -0.467 e. The van der Waals surface area contributed by atoms with Crippen molar-refractivity contribution in [3.8, 4) is 0 Å². The summed E-state index contributed by atoms with van der Waals surface area (Å²) in [5.74, 6) is 1.21. The Hall–Kier alpha value is -2.76. The molecule has 23 heavy (non-hydrogen) atoms. The van der Waals surface area contributed by atoms with E-state index in [1.807, 2.05) is 24.3 Å². The first-order chi connectivity index (χ1) is 11.3. The van der Waals surface area contributed by atoms with Crippen LogP contribution in [0.1, 0.15) is 11.3 Å². The van der Waals surface area contributed by atoms with Crippen LogP contribution in [0.15, 0.2) is 58.1 Å². The summed E-state index contributed by atoms with van der Waals surface area (Å²) in [6.45, 7) is 1.29. The van der Waals surface area contributed by atoms with Crippen LogP contribution < -0.4 is 16.0 Å². The van der Waals surface area contributed by atoms with E-state index in [1.54, 1.807) is 19.4 Å². The van der Waals surface area contributed by atoms with Crippen molar-refractivity contribution in [3.05, 3.63) is 60.1 Å². The molecular formula is C17H22N4O2. The number of nitrogens with zero attached hydrogens (tertiary/aromatic N) is 1. The molecule has 0 saturated carbocycles. The lowest BCUT2D eigenvalue weighted by atomic mass is 10.1. The quantitative estimate of drug-likeness (QED) is 0.532. The number of nitrogens with one attached hydrogen (secondary N) is 3.